The molecule has 1 N–H and O–H groups in total. The average molecular weight is 368 g/mol. The minimum absolute atomic E-state index is 0.170. The lowest BCUT2D eigenvalue weighted by Gasteiger charge is -2.07. The summed E-state index contributed by atoms with van der Waals surface area (Å²) in [5.74, 6) is 1.17. The molecule has 0 saturated carbocycles. The van der Waals surface area contributed by atoms with Gasteiger partial charge in [-0.3, -0.25) is 4.79 Å². The van der Waals surface area contributed by atoms with Crippen molar-refractivity contribution >= 4 is 34.6 Å². The first kappa shape index (κ1) is 18.1. The Hall–Kier alpha value is -2.73. The van der Waals surface area contributed by atoms with Crippen LogP contribution < -0.4 is 14.8 Å². The van der Waals surface area contributed by atoms with Crippen molar-refractivity contribution in [3.63, 3.8) is 0 Å². The van der Waals surface area contributed by atoms with Crippen LogP contribution in [0.2, 0.25) is 0 Å². The first-order chi connectivity index (χ1) is 12.5. The summed E-state index contributed by atoms with van der Waals surface area (Å²) in [6, 6.07) is 11.5. The highest BCUT2D eigenvalue weighted by Gasteiger charge is 2.24. The van der Waals surface area contributed by atoms with Crippen molar-refractivity contribution in [3.8, 4) is 11.5 Å². The largest absolute Gasteiger partial charge is 0.497 e. The van der Waals surface area contributed by atoms with Crippen LogP contribution in [0.1, 0.15) is 16.7 Å². The molecule has 2 aromatic carbocycles. The van der Waals surface area contributed by atoms with Gasteiger partial charge >= 0.3 is 0 Å². The number of amidine groups is 1. The van der Waals surface area contributed by atoms with Crippen LogP contribution in [0.5, 0.6) is 11.5 Å². The van der Waals surface area contributed by atoms with Crippen LogP contribution in [0.4, 0.5) is 5.69 Å². The number of ether oxygens (including phenoxy) is 2. The fraction of sp³-hybridized carbons (Fsp3) is 0.200. The lowest BCUT2D eigenvalue weighted by atomic mass is 10.1. The first-order valence-electron chi connectivity index (χ1n) is 8.09. The van der Waals surface area contributed by atoms with Crippen molar-refractivity contribution in [2.24, 2.45) is 4.99 Å². The molecule has 6 heteroatoms. The molecule has 0 aliphatic carbocycles. The molecule has 0 atom stereocenters. The number of benzene rings is 2. The van der Waals surface area contributed by atoms with Gasteiger partial charge in [-0.1, -0.05) is 12.1 Å². The van der Waals surface area contributed by atoms with Gasteiger partial charge in [-0.05, 0) is 61.0 Å². The Morgan fingerprint density at radius 2 is 1.88 bits per heavy atom. The van der Waals surface area contributed by atoms with E-state index in [1.807, 2.05) is 44.2 Å². The normalized spacial score (nSPS) is 16.8. The Morgan fingerprint density at radius 3 is 2.62 bits per heavy atom. The van der Waals surface area contributed by atoms with Gasteiger partial charge in [0, 0.05) is 11.6 Å². The molecule has 1 aliphatic rings. The van der Waals surface area contributed by atoms with Crippen LogP contribution >= 0.6 is 11.8 Å². The van der Waals surface area contributed by atoms with Crippen LogP contribution in [0.25, 0.3) is 6.08 Å². The van der Waals surface area contributed by atoms with Crippen molar-refractivity contribution in [2.75, 3.05) is 14.2 Å². The second-order valence-electron chi connectivity index (χ2n) is 5.88. The number of aryl methyl sites for hydroxylation is 2. The number of carbonyl (C=O) groups is 1. The Balaban J connectivity index is 1.89. The monoisotopic (exact) mass is 368 g/mol. The number of nitrogens with zero attached hydrogens (tertiary/aromatic N) is 1. The van der Waals surface area contributed by atoms with Gasteiger partial charge in [0.25, 0.3) is 5.91 Å². The Morgan fingerprint density at radius 1 is 1.08 bits per heavy atom. The zero-order valence-corrected chi connectivity index (χ0v) is 15.9. The molecule has 1 aliphatic heterocycles. The third kappa shape index (κ3) is 3.91. The van der Waals surface area contributed by atoms with Gasteiger partial charge in [-0.15, -0.1) is 0 Å². The number of nitrogens with one attached hydrogen (secondary N) is 1. The summed E-state index contributed by atoms with van der Waals surface area (Å²) in [4.78, 5) is 17.5. The predicted molar refractivity (Wildman–Crippen MR) is 106 cm³/mol. The predicted octanol–water partition coefficient (Wildman–Crippen LogP) is 4.21. The molecule has 0 bridgehead atoms. The zero-order chi connectivity index (χ0) is 18.7. The van der Waals surface area contributed by atoms with Crippen molar-refractivity contribution in [1.29, 1.82) is 0 Å². The van der Waals surface area contributed by atoms with E-state index in [4.69, 9.17) is 9.47 Å². The SMILES string of the molecule is COc1ccc(/C=C2\SC(=Nc3cc(C)ccc3C)NC2=O)c(OC)c1. The highest BCUT2D eigenvalue weighted by atomic mass is 32.2. The van der Waals surface area contributed by atoms with Crippen molar-refractivity contribution in [1.82, 2.24) is 5.32 Å². The van der Waals surface area contributed by atoms with Crippen LogP contribution in [-0.2, 0) is 4.79 Å². The number of aliphatic imine (C=N–C) groups is 1. The molecule has 1 heterocycles. The molecule has 134 valence electrons. The van der Waals surface area contributed by atoms with Gasteiger partial charge in [0.05, 0.1) is 24.8 Å². The molecule has 0 spiro atoms. The number of methoxy groups -OCH3 is 2. The Kier molecular flexibility index (Phi) is 5.32. The molecule has 2 aromatic rings. The van der Waals surface area contributed by atoms with Crippen LogP contribution in [-0.4, -0.2) is 25.3 Å². The van der Waals surface area contributed by atoms with Crippen LogP contribution in [0.3, 0.4) is 0 Å². The summed E-state index contributed by atoms with van der Waals surface area (Å²) in [6.45, 7) is 4.02. The molecule has 1 fully saturated rings. The average Bonchev–Trinajstić information content (AvgIpc) is 2.97. The molecule has 3 rings (SSSR count). The topological polar surface area (TPSA) is 59.9 Å². The van der Waals surface area contributed by atoms with Crippen molar-refractivity contribution < 1.29 is 14.3 Å². The molecule has 5 nitrogen and oxygen atoms in total. The molecular formula is C20H20N2O3S. The molecule has 0 aromatic heterocycles. The van der Waals surface area contributed by atoms with E-state index in [9.17, 15) is 4.79 Å². The molecule has 0 radical (unpaired) electrons. The first-order valence-corrected chi connectivity index (χ1v) is 8.90. The minimum Gasteiger partial charge on any atom is -0.497 e. The molecule has 1 amide bonds. The summed E-state index contributed by atoms with van der Waals surface area (Å²) in [7, 11) is 3.19. The van der Waals surface area contributed by atoms with Gasteiger partial charge in [0.1, 0.15) is 11.5 Å². The Bertz CT molecular complexity index is 919. The van der Waals surface area contributed by atoms with Crippen LogP contribution in [0.15, 0.2) is 46.3 Å². The second kappa shape index (κ2) is 7.66. The third-order valence-electron chi connectivity index (χ3n) is 3.96. The standard InChI is InChI=1S/C20H20N2O3S/c1-12-5-6-13(2)16(9-12)21-20-22-19(23)18(26-20)10-14-7-8-15(24-3)11-17(14)25-4/h5-11H,1-4H3,(H,21,22,23)/b18-10-. The van der Waals surface area contributed by atoms with E-state index in [1.165, 1.54) is 11.8 Å². The van der Waals surface area contributed by atoms with Gasteiger partial charge in [0.15, 0.2) is 5.17 Å². The van der Waals surface area contributed by atoms with E-state index in [-0.39, 0.29) is 5.91 Å². The number of hydrogen-bond acceptors (Lipinski definition) is 5. The maximum atomic E-state index is 12.3. The number of rotatable bonds is 4. The third-order valence-corrected chi connectivity index (χ3v) is 4.87. The lowest BCUT2D eigenvalue weighted by Crippen LogP contribution is -2.19. The van der Waals surface area contributed by atoms with Crippen molar-refractivity contribution in [2.45, 2.75) is 13.8 Å². The van der Waals surface area contributed by atoms with Gasteiger partial charge in [-0.25, -0.2) is 4.99 Å². The van der Waals surface area contributed by atoms with E-state index in [0.717, 1.165) is 22.4 Å². The maximum absolute atomic E-state index is 12.3. The van der Waals surface area contributed by atoms with Gasteiger partial charge < -0.3 is 14.8 Å². The summed E-state index contributed by atoms with van der Waals surface area (Å²) >= 11 is 1.32. The summed E-state index contributed by atoms with van der Waals surface area (Å²) in [5.41, 5.74) is 3.85. The fourth-order valence-corrected chi connectivity index (χ4v) is 3.33. The molecule has 0 unspecified atom stereocenters. The second-order valence-corrected chi connectivity index (χ2v) is 6.91. The van der Waals surface area contributed by atoms with E-state index < -0.39 is 0 Å². The molecule has 1 saturated heterocycles. The zero-order valence-electron chi connectivity index (χ0n) is 15.1. The fourth-order valence-electron chi connectivity index (χ4n) is 2.51. The quantitative estimate of drug-likeness (QED) is 0.821. The summed E-state index contributed by atoms with van der Waals surface area (Å²) in [5, 5.41) is 3.39. The maximum Gasteiger partial charge on any atom is 0.264 e. The summed E-state index contributed by atoms with van der Waals surface area (Å²) < 4.78 is 10.6. The molecule has 26 heavy (non-hydrogen) atoms. The number of carbonyl (C=O) groups excluding carboxylic acids is 1. The minimum atomic E-state index is -0.170. The smallest absolute Gasteiger partial charge is 0.264 e. The van der Waals surface area contributed by atoms with E-state index in [1.54, 1.807) is 26.4 Å². The number of hydrogen-bond donors (Lipinski definition) is 1. The van der Waals surface area contributed by atoms with Gasteiger partial charge in [0.2, 0.25) is 0 Å². The van der Waals surface area contributed by atoms with E-state index in [2.05, 4.69) is 10.3 Å². The number of thioether (sulfide) groups is 1. The molecular weight excluding hydrogens is 348 g/mol. The Labute approximate surface area is 157 Å². The number of amides is 1. The van der Waals surface area contributed by atoms with Crippen LogP contribution in [0, 0.1) is 13.8 Å². The highest BCUT2D eigenvalue weighted by molar-refractivity contribution is 8.18. The van der Waals surface area contributed by atoms with E-state index in [0.29, 0.717) is 21.6 Å². The van der Waals surface area contributed by atoms with Gasteiger partial charge in [-0.2, -0.15) is 0 Å². The van der Waals surface area contributed by atoms with Crippen molar-refractivity contribution in [3.05, 3.63) is 58.0 Å². The lowest BCUT2D eigenvalue weighted by molar-refractivity contribution is -0.115. The summed E-state index contributed by atoms with van der Waals surface area (Å²) in [6.07, 6.45) is 1.80. The van der Waals surface area contributed by atoms with E-state index >= 15 is 0 Å². The highest BCUT2D eigenvalue weighted by Crippen LogP contribution is 2.32.